The first-order chi connectivity index (χ1) is 3.65. The zero-order valence-electron chi connectivity index (χ0n) is 5.72. The fraction of sp³-hybridized carbons (Fsp3) is 0.800. The molecule has 10 heavy (non-hydrogen) atoms. The number of carboxylic acid groups (broad SMARTS) is 1. The Balaban J connectivity index is -0.0000000300. The Morgan fingerprint density at radius 1 is 1.60 bits per heavy atom. The molecule has 3 N–H and O–H groups in total. The van der Waals surface area contributed by atoms with Crippen molar-refractivity contribution in [1.29, 1.82) is 0 Å². The van der Waals surface area contributed by atoms with E-state index in [9.17, 15) is 0 Å². The molecule has 0 heterocycles. The van der Waals surface area contributed by atoms with Gasteiger partial charge < -0.3 is 10.6 Å². The van der Waals surface area contributed by atoms with Gasteiger partial charge in [-0.3, -0.25) is 4.79 Å². The third-order valence-electron chi connectivity index (χ3n) is 0.224. The third-order valence-corrected chi connectivity index (χ3v) is 0.671. The van der Waals surface area contributed by atoms with Gasteiger partial charge in [0.25, 0.3) is 5.97 Å². The van der Waals surface area contributed by atoms with Gasteiger partial charge in [0, 0.05) is 6.92 Å². The molecule has 0 atom stereocenters. The number of hydrogen-bond donors (Lipinski definition) is 2. The lowest BCUT2D eigenvalue weighted by Gasteiger charge is -1.67. The first kappa shape index (κ1) is 22.4. The van der Waals surface area contributed by atoms with Gasteiger partial charge in [-0.05, 0) is 12.2 Å². The molecule has 0 fully saturated rings. The van der Waals surface area contributed by atoms with E-state index in [0.717, 1.165) is 12.7 Å². The third kappa shape index (κ3) is 204. The lowest BCUT2D eigenvalue weighted by molar-refractivity contribution is -0.134. The Morgan fingerprint density at radius 2 is 1.70 bits per heavy atom. The van der Waals surface area contributed by atoms with Crippen molar-refractivity contribution in [3.63, 3.8) is 0 Å². The normalized spacial score (nSPS) is 5.50. The molecule has 3 nitrogen and oxygen atoms in total. The molecule has 0 aromatic carbocycles. The summed E-state index contributed by atoms with van der Waals surface area (Å²) in [6.07, 6.45) is 1.18. The van der Waals surface area contributed by atoms with Crippen LogP contribution in [0.4, 0.5) is 0 Å². The Morgan fingerprint density at radius 3 is 1.70 bits per heavy atom. The van der Waals surface area contributed by atoms with Gasteiger partial charge in [-0.2, -0.15) is 12.6 Å². The summed E-state index contributed by atoms with van der Waals surface area (Å²) in [6.45, 7) is 3.19. The van der Waals surface area contributed by atoms with Crippen LogP contribution in [-0.2, 0) is 4.79 Å². The Kier molecular flexibility index (Phi) is 50.8. The van der Waals surface area contributed by atoms with Gasteiger partial charge in [-0.1, -0.05) is 6.92 Å². The largest absolute Gasteiger partial charge is 0.481 e. The van der Waals surface area contributed by atoms with Crippen LogP contribution in [0.5, 0.6) is 0 Å². The van der Waals surface area contributed by atoms with Crippen LogP contribution in [0.15, 0.2) is 0 Å². The predicted molar refractivity (Wildman–Crippen MR) is 49.6 cm³/mol. The molecule has 0 aliphatic rings. The van der Waals surface area contributed by atoms with Crippen LogP contribution in [0.1, 0.15) is 20.3 Å². The van der Waals surface area contributed by atoms with Gasteiger partial charge >= 0.3 is 23.1 Å². The van der Waals surface area contributed by atoms with E-state index >= 15 is 0 Å². The summed E-state index contributed by atoms with van der Waals surface area (Å²) in [6, 6.07) is 0. The lowest BCUT2D eigenvalue weighted by atomic mass is 10.6. The SMILES string of the molecule is CC(=O)O.CCCS.O.[MgH2]. The van der Waals surface area contributed by atoms with E-state index in [-0.39, 0.29) is 28.5 Å². The molecule has 0 bridgehead atoms. The van der Waals surface area contributed by atoms with E-state index in [4.69, 9.17) is 9.90 Å². The number of carbonyl (C=O) groups is 1. The average molecular weight is 181 g/mol. The fourth-order valence-corrected chi connectivity index (χ4v) is 0. The van der Waals surface area contributed by atoms with Crippen LogP contribution in [0.3, 0.4) is 0 Å². The van der Waals surface area contributed by atoms with E-state index in [2.05, 4.69) is 19.6 Å². The van der Waals surface area contributed by atoms with Crippen molar-refractivity contribution < 1.29 is 15.4 Å². The monoisotopic (exact) mass is 180 g/mol. The number of hydrogen-bond acceptors (Lipinski definition) is 2. The summed E-state index contributed by atoms with van der Waals surface area (Å²) in [4.78, 5) is 9.00. The van der Waals surface area contributed by atoms with Crippen molar-refractivity contribution in [1.82, 2.24) is 0 Å². The molecular formula is C5H16MgO3S. The van der Waals surface area contributed by atoms with Crippen LogP contribution < -0.4 is 0 Å². The second-order valence-electron chi connectivity index (χ2n) is 1.24. The highest BCUT2D eigenvalue weighted by Gasteiger charge is 1.65. The summed E-state index contributed by atoms with van der Waals surface area (Å²) in [5, 5.41) is 7.42. The molecule has 0 saturated carbocycles. The number of rotatable bonds is 1. The van der Waals surface area contributed by atoms with Gasteiger partial charge in [-0.25, -0.2) is 0 Å². The molecule has 0 spiro atoms. The van der Waals surface area contributed by atoms with E-state index in [1.807, 2.05) is 0 Å². The number of carboxylic acids is 1. The topological polar surface area (TPSA) is 68.8 Å². The first-order valence-corrected chi connectivity index (χ1v) is 3.08. The Bertz CT molecular complexity index is 54.9. The van der Waals surface area contributed by atoms with E-state index in [0.29, 0.717) is 0 Å². The minimum Gasteiger partial charge on any atom is -0.481 e. The average Bonchev–Trinajstić information content (AvgIpc) is 1.65. The standard InChI is InChI=1S/C3H8S.C2H4O2.Mg.H2O.2H/c1-2-3-4;1-2(3)4;;;;/h4H,2-3H2,1H3;1H3,(H,3,4);;1H2;;. The lowest BCUT2D eigenvalue weighted by Crippen LogP contribution is -1.78. The zero-order valence-corrected chi connectivity index (χ0v) is 6.61. The molecule has 62 valence electrons. The highest BCUT2D eigenvalue weighted by molar-refractivity contribution is 7.80. The minimum atomic E-state index is -0.833. The molecular weight excluding hydrogens is 164 g/mol. The maximum atomic E-state index is 9.00. The second kappa shape index (κ2) is 22.7. The van der Waals surface area contributed by atoms with Crippen molar-refractivity contribution >= 4 is 41.7 Å². The summed E-state index contributed by atoms with van der Waals surface area (Å²) < 4.78 is 0. The summed E-state index contributed by atoms with van der Waals surface area (Å²) >= 11 is 3.92. The van der Waals surface area contributed by atoms with Crippen molar-refractivity contribution in [3.8, 4) is 0 Å². The van der Waals surface area contributed by atoms with Gasteiger partial charge in [0.15, 0.2) is 0 Å². The van der Waals surface area contributed by atoms with Crippen LogP contribution >= 0.6 is 12.6 Å². The molecule has 0 rings (SSSR count). The fourth-order valence-electron chi connectivity index (χ4n) is 0. The van der Waals surface area contributed by atoms with E-state index in [1.54, 1.807) is 0 Å². The predicted octanol–water partition coefficient (Wildman–Crippen LogP) is -0.324. The molecule has 0 unspecified atom stereocenters. The molecule has 0 aromatic heterocycles. The second-order valence-corrected chi connectivity index (χ2v) is 1.69. The number of thiol groups is 1. The minimum absolute atomic E-state index is 0. The highest BCUT2D eigenvalue weighted by atomic mass is 32.1. The van der Waals surface area contributed by atoms with Gasteiger partial charge in [0.05, 0.1) is 0 Å². The Hall–Kier alpha value is 0.546. The summed E-state index contributed by atoms with van der Waals surface area (Å²) in [5.41, 5.74) is 0. The van der Waals surface area contributed by atoms with Crippen LogP contribution in [0.2, 0.25) is 0 Å². The van der Waals surface area contributed by atoms with Crippen molar-refractivity contribution in [2.75, 3.05) is 5.75 Å². The first-order valence-electron chi connectivity index (χ1n) is 2.45. The maximum Gasteiger partial charge on any atom is 0.316 e. The maximum absolute atomic E-state index is 9.00. The van der Waals surface area contributed by atoms with Crippen molar-refractivity contribution in [2.45, 2.75) is 20.3 Å². The van der Waals surface area contributed by atoms with Gasteiger partial charge in [0.1, 0.15) is 0 Å². The Labute approximate surface area is 83.1 Å². The molecule has 0 aliphatic heterocycles. The van der Waals surface area contributed by atoms with Crippen LogP contribution in [0, 0.1) is 0 Å². The molecule has 0 aliphatic carbocycles. The summed E-state index contributed by atoms with van der Waals surface area (Å²) in [5.74, 6) is 0.181. The molecule has 0 radical (unpaired) electrons. The van der Waals surface area contributed by atoms with Crippen LogP contribution in [0.25, 0.3) is 0 Å². The summed E-state index contributed by atoms with van der Waals surface area (Å²) in [7, 11) is 0. The van der Waals surface area contributed by atoms with Gasteiger partial charge in [-0.15, -0.1) is 0 Å². The zero-order chi connectivity index (χ0) is 6.99. The van der Waals surface area contributed by atoms with Crippen molar-refractivity contribution in [2.24, 2.45) is 0 Å². The van der Waals surface area contributed by atoms with Gasteiger partial charge in [0.2, 0.25) is 0 Å². The van der Waals surface area contributed by atoms with Crippen LogP contribution in [-0.4, -0.2) is 45.4 Å². The van der Waals surface area contributed by atoms with E-state index in [1.165, 1.54) is 6.42 Å². The van der Waals surface area contributed by atoms with E-state index < -0.39 is 5.97 Å². The quantitative estimate of drug-likeness (QED) is 0.429. The van der Waals surface area contributed by atoms with Crippen molar-refractivity contribution in [3.05, 3.63) is 0 Å². The molecule has 0 aromatic rings. The molecule has 0 amide bonds. The molecule has 0 saturated heterocycles. The molecule has 5 heteroatoms. The highest BCUT2D eigenvalue weighted by Crippen LogP contribution is 1.74. The number of aliphatic carboxylic acids is 1. The smallest absolute Gasteiger partial charge is 0.316 e.